The van der Waals surface area contributed by atoms with E-state index in [9.17, 15) is 4.39 Å². The lowest BCUT2D eigenvalue weighted by Crippen LogP contribution is -2.50. The third kappa shape index (κ3) is 2.69. The molecule has 1 saturated heterocycles. The van der Waals surface area contributed by atoms with E-state index >= 15 is 0 Å². The summed E-state index contributed by atoms with van der Waals surface area (Å²) in [6.07, 6.45) is 0. The first-order valence-corrected chi connectivity index (χ1v) is 5.46. The molecule has 1 fully saturated rings. The third-order valence-electron chi connectivity index (χ3n) is 2.88. The molecule has 0 saturated carbocycles. The van der Waals surface area contributed by atoms with Gasteiger partial charge in [0.25, 0.3) is 0 Å². The van der Waals surface area contributed by atoms with Crippen LogP contribution in [0.3, 0.4) is 0 Å². The number of piperazine rings is 1. The summed E-state index contributed by atoms with van der Waals surface area (Å²) in [5, 5.41) is 0. The average molecular weight is 224 g/mol. The Morgan fingerprint density at radius 1 is 1.12 bits per heavy atom. The number of nitrogens with zero attached hydrogens (tertiary/aromatic N) is 2. The Balaban J connectivity index is 1.91. The molecule has 0 radical (unpaired) electrons. The van der Waals surface area contributed by atoms with Crippen molar-refractivity contribution in [1.82, 2.24) is 10.3 Å². The number of hydrazine groups is 1. The maximum Gasteiger partial charge on any atom is 0.123 e. The van der Waals surface area contributed by atoms with Crippen LogP contribution in [0, 0.1) is 5.82 Å². The number of hydrogen-bond acceptors (Lipinski definition) is 4. The Hall–Kier alpha value is -1.17. The fourth-order valence-electron chi connectivity index (χ4n) is 1.95. The molecule has 0 bridgehead atoms. The third-order valence-corrected chi connectivity index (χ3v) is 2.88. The van der Waals surface area contributed by atoms with Crippen molar-refractivity contribution >= 4 is 5.69 Å². The number of hydrogen-bond donors (Lipinski definition) is 2. The van der Waals surface area contributed by atoms with Crippen molar-refractivity contribution in [2.24, 2.45) is 5.84 Å². The lowest BCUT2D eigenvalue weighted by atomic mass is 10.2. The van der Waals surface area contributed by atoms with Gasteiger partial charge in [0.2, 0.25) is 0 Å². The summed E-state index contributed by atoms with van der Waals surface area (Å²) >= 11 is 0. The van der Waals surface area contributed by atoms with Gasteiger partial charge in [-0.3, -0.25) is 10.7 Å². The van der Waals surface area contributed by atoms with Crippen molar-refractivity contribution in [2.75, 3.05) is 37.7 Å². The van der Waals surface area contributed by atoms with E-state index in [2.05, 4.69) is 15.2 Å². The molecule has 1 aromatic rings. The Labute approximate surface area is 94.8 Å². The van der Waals surface area contributed by atoms with Crippen LogP contribution in [0.5, 0.6) is 0 Å². The maximum absolute atomic E-state index is 12.8. The second kappa shape index (κ2) is 5.25. The van der Waals surface area contributed by atoms with E-state index in [-0.39, 0.29) is 5.82 Å². The van der Waals surface area contributed by atoms with E-state index in [0.29, 0.717) is 0 Å². The van der Waals surface area contributed by atoms with E-state index < -0.39 is 0 Å². The minimum Gasteiger partial charge on any atom is -0.369 e. The molecule has 0 amide bonds. The van der Waals surface area contributed by atoms with E-state index in [1.165, 1.54) is 12.1 Å². The molecule has 1 aliphatic rings. The van der Waals surface area contributed by atoms with Gasteiger partial charge in [0.1, 0.15) is 5.82 Å². The van der Waals surface area contributed by atoms with E-state index in [1.54, 1.807) is 0 Å². The number of halogens is 1. The standard InChI is InChI=1S/C11H17FN4/c12-10-1-3-11(4-2-10)16-7-5-15(6-8-16)9-14-13/h1-4,14H,5-9,13H2. The smallest absolute Gasteiger partial charge is 0.123 e. The summed E-state index contributed by atoms with van der Waals surface area (Å²) in [6.45, 7) is 4.57. The first kappa shape index (κ1) is 11.3. The van der Waals surface area contributed by atoms with Gasteiger partial charge in [0, 0.05) is 31.9 Å². The minimum atomic E-state index is -0.185. The predicted octanol–water partition coefficient (Wildman–Crippen LogP) is 0.368. The van der Waals surface area contributed by atoms with E-state index in [1.807, 2.05) is 12.1 Å². The number of nitrogens with two attached hydrogens (primary N) is 1. The number of rotatable bonds is 3. The Morgan fingerprint density at radius 2 is 1.75 bits per heavy atom. The zero-order valence-electron chi connectivity index (χ0n) is 9.19. The molecular weight excluding hydrogens is 207 g/mol. The molecule has 0 aliphatic carbocycles. The highest BCUT2D eigenvalue weighted by molar-refractivity contribution is 5.46. The second-order valence-corrected chi connectivity index (χ2v) is 3.94. The molecule has 0 spiro atoms. The lowest BCUT2D eigenvalue weighted by molar-refractivity contribution is 0.240. The van der Waals surface area contributed by atoms with Crippen LogP contribution in [-0.2, 0) is 0 Å². The molecule has 5 heteroatoms. The van der Waals surface area contributed by atoms with Gasteiger partial charge >= 0.3 is 0 Å². The Morgan fingerprint density at radius 3 is 2.31 bits per heavy atom. The fourth-order valence-corrected chi connectivity index (χ4v) is 1.95. The molecule has 88 valence electrons. The lowest BCUT2D eigenvalue weighted by Gasteiger charge is -2.35. The van der Waals surface area contributed by atoms with E-state index in [4.69, 9.17) is 5.84 Å². The van der Waals surface area contributed by atoms with Crippen LogP contribution >= 0.6 is 0 Å². The highest BCUT2D eigenvalue weighted by Crippen LogP contribution is 2.16. The monoisotopic (exact) mass is 224 g/mol. The molecule has 4 nitrogen and oxygen atoms in total. The first-order valence-electron chi connectivity index (χ1n) is 5.46. The predicted molar refractivity (Wildman–Crippen MR) is 62.4 cm³/mol. The van der Waals surface area contributed by atoms with Gasteiger partial charge < -0.3 is 4.90 Å². The normalized spacial score (nSPS) is 17.8. The van der Waals surface area contributed by atoms with Gasteiger partial charge in [-0.15, -0.1) is 0 Å². The Kier molecular flexibility index (Phi) is 3.71. The molecule has 1 aliphatic heterocycles. The highest BCUT2D eigenvalue weighted by atomic mass is 19.1. The average Bonchev–Trinajstić information content (AvgIpc) is 2.32. The zero-order valence-corrected chi connectivity index (χ0v) is 9.19. The summed E-state index contributed by atoms with van der Waals surface area (Å²) in [4.78, 5) is 4.51. The maximum atomic E-state index is 12.8. The van der Waals surface area contributed by atoms with Crippen LogP contribution in [0.25, 0.3) is 0 Å². The molecule has 16 heavy (non-hydrogen) atoms. The topological polar surface area (TPSA) is 44.5 Å². The molecule has 0 unspecified atom stereocenters. The molecule has 2 rings (SSSR count). The summed E-state index contributed by atoms with van der Waals surface area (Å²) in [7, 11) is 0. The largest absolute Gasteiger partial charge is 0.369 e. The van der Waals surface area contributed by atoms with Crippen LogP contribution in [0.4, 0.5) is 10.1 Å². The van der Waals surface area contributed by atoms with E-state index in [0.717, 1.165) is 38.5 Å². The van der Waals surface area contributed by atoms with Gasteiger partial charge in [-0.05, 0) is 24.3 Å². The van der Waals surface area contributed by atoms with Gasteiger partial charge in [-0.1, -0.05) is 0 Å². The highest BCUT2D eigenvalue weighted by Gasteiger charge is 2.16. The minimum absolute atomic E-state index is 0.185. The second-order valence-electron chi connectivity index (χ2n) is 3.94. The van der Waals surface area contributed by atoms with Gasteiger partial charge in [-0.2, -0.15) is 0 Å². The van der Waals surface area contributed by atoms with Crippen LogP contribution < -0.4 is 16.2 Å². The van der Waals surface area contributed by atoms with Gasteiger partial charge in [0.05, 0.1) is 6.67 Å². The van der Waals surface area contributed by atoms with Crippen molar-refractivity contribution in [2.45, 2.75) is 0 Å². The first-order chi connectivity index (χ1) is 7.79. The molecule has 1 aromatic carbocycles. The zero-order chi connectivity index (χ0) is 11.4. The summed E-state index contributed by atoms with van der Waals surface area (Å²) in [5.41, 5.74) is 3.74. The van der Waals surface area contributed by atoms with Crippen molar-refractivity contribution in [3.63, 3.8) is 0 Å². The van der Waals surface area contributed by atoms with Crippen molar-refractivity contribution in [3.05, 3.63) is 30.1 Å². The van der Waals surface area contributed by atoms with Gasteiger partial charge in [-0.25, -0.2) is 9.82 Å². The molecule has 3 N–H and O–H groups in total. The molecule has 0 atom stereocenters. The van der Waals surface area contributed by atoms with Crippen LogP contribution in [0.15, 0.2) is 24.3 Å². The number of anilines is 1. The van der Waals surface area contributed by atoms with Crippen LogP contribution in [0.2, 0.25) is 0 Å². The van der Waals surface area contributed by atoms with Crippen LogP contribution in [-0.4, -0.2) is 37.7 Å². The van der Waals surface area contributed by atoms with Crippen molar-refractivity contribution in [3.8, 4) is 0 Å². The van der Waals surface area contributed by atoms with Crippen molar-refractivity contribution < 1.29 is 4.39 Å². The quantitative estimate of drug-likeness (QED) is 0.575. The Bertz CT molecular complexity index is 319. The number of nitrogens with one attached hydrogen (secondary N) is 1. The summed E-state index contributed by atoms with van der Waals surface area (Å²) < 4.78 is 12.8. The molecule has 0 aromatic heterocycles. The summed E-state index contributed by atoms with van der Waals surface area (Å²) in [5.74, 6) is 5.09. The van der Waals surface area contributed by atoms with Gasteiger partial charge in [0.15, 0.2) is 0 Å². The SMILES string of the molecule is NNCN1CCN(c2ccc(F)cc2)CC1. The molecule has 1 heterocycles. The van der Waals surface area contributed by atoms with Crippen LogP contribution in [0.1, 0.15) is 0 Å². The summed E-state index contributed by atoms with van der Waals surface area (Å²) in [6, 6.07) is 6.66. The number of benzene rings is 1. The van der Waals surface area contributed by atoms with Crippen molar-refractivity contribution in [1.29, 1.82) is 0 Å². The molecular formula is C11H17FN4. The fraction of sp³-hybridized carbons (Fsp3) is 0.455.